The normalized spacial score (nSPS) is 17.2. The van der Waals surface area contributed by atoms with Gasteiger partial charge < -0.3 is 15.4 Å². The number of benzene rings is 1. The molecule has 1 aromatic carbocycles. The van der Waals surface area contributed by atoms with E-state index in [1.165, 1.54) is 11.3 Å². The lowest BCUT2D eigenvalue weighted by Gasteiger charge is -2.10. The maximum absolute atomic E-state index is 11.9. The molecule has 0 saturated carbocycles. The molecule has 1 aromatic heterocycles. The molecule has 1 aliphatic rings. The third-order valence-corrected chi connectivity index (χ3v) is 4.56. The minimum Gasteiger partial charge on any atom is -0.376 e. The largest absolute Gasteiger partial charge is 0.376 e. The molecule has 1 aliphatic heterocycles. The standard InChI is InChI=1S/C16H18ClN3O2S/c17-11-3-1-4-12(7-11)19-16-20-13(10-23-16)8-15(21)18-9-14-5-2-6-22-14/h1,3-4,7,10,14H,2,5-6,8-9H2,(H,18,21)(H,19,20). The van der Waals surface area contributed by atoms with Crippen molar-refractivity contribution in [3.8, 4) is 0 Å². The van der Waals surface area contributed by atoms with E-state index < -0.39 is 0 Å². The van der Waals surface area contributed by atoms with Crippen LogP contribution in [-0.2, 0) is 16.0 Å². The van der Waals surface area contributed by atoms with Gasteiger partial charge in [-0.2, -0.15) is 0 Å². The van der Waals surface area contributed by atoms with Gasteiger partial charge in [0.05, 0.1) is 18.2 Å². The number of amides is 1. The number of anilines is 2. The molecule has 3 rings (SSSR count). The van der Waals surface area contributed by atoms with Crippen molar-refractivity contribution in [2.24, 2.45) is 0 Å². The van der Waals surface area contributed by atoms with Gasteiger partial charge in [0.15, 0.2) is 5.13 Å². The predicted octanol–water partition coefficient (Wildman–Crippen LogP) is 3.38. The van der Waals surface area contributed by atoms with Gasteiger partial charge in [0.25, 0.3) is 0 Å². The molecule has 1 fully saturated rings. The van der Waals surface area contributed by atoms with Gasteiger partial charge in [0.2, 0.25) is 5.91 Å². The van der Waals surface area contributed by atoms with Crippen molar-refractivity contribution < 1.29 is 9.53 Å². The second kappa shape index (κ2) is 7.77. The smallest absolute Gasteiger partial charge is 0.226 e. The van der Waals surface area contributed by atoms with E-state index in [0.29, 0.717) is 11.6 Å². The number of carbonyl (C=O) groups excluding carboxylic acids is 1. The summed E-state index contributed by atoms with van der Waals surface area (Å²) in [5.74, 6) is -0.0277. The fraction of sp³-hybridized carbons (Fsp3) is 0.375. The average Bonchev–Trinajstić information content (AvgIpc) is 3.17. The summed E-state index contributed by atoms with van der Waals surface area (Å²) in [7, 11) is 0. The number of ether oxygens (including phenoxy) is 1. The Morgan fingerprint density at radius 1 is 1.48 bits per heavy atom. The number of hydrogen-bond donors (Lipinski definition) is 2. The Kier molecular flexibility index (Phi) is 5.48. The number of aromatic nitrogens is 1. The molecule has 1 atom stereocenters. The molecule has 0 bridgehead atoms. The number of rotatable bonds is 6. The van der Waals surface area contributed by atoms with E-state index in [4.69, 9.17) is 16.3 Å². The summed E-state index contributed by atoms with van der Waals surface area (Å²) in [5, 5.41) is 9.39. The van der Waals surface area contributed by atoms with Crippen molar-refractivity contribution in [2.45, 2.75) is 25.4 Å². The molecule has 0 aliphatic carbocycles. The van der Waals surface area contributed by atoms with E-state index in [-0.39, 0.29) is 18.4 Å². The highest BCUT2D eigenvalue weighted by Crippen LogP contribution is 2.23. The number of hydrogen-bond acceptors (Lipinski definition) is 5. The first-order valence-corrected chi connectivity index (χ1v) is 8.80. The molecule has 2 heterocycles. The minimum atomic E-state index is -0.0277. The summed E-state index contributed by atoms with van der Waals surface area (Å²) >= 11 is 7.42. The maximum atomic E-state index is 11.9. The second-order valence-electron chi connectivity index (χ2n) is 5.40. The zero-order valence-electron chi connectivity index (χ0n) is 12.5. The molecule has 0 radical (unpaired) electrons. The van der Waals surface area contributed by atoms with Crippen LogP contribution < -0.4 is 10.6 Å². The lowest BCUT2D eigenvalue weighted by Crippen LogP contribution is -2.32. The maximum Gasteiger partial charge on any atom is 0.226 e. The van der Waals surface area contributed by atoms with Crippen LogP contribution in [0.5, 0.6) is 0 Å². The van der Waals surface area contributed by atoms with Crippen molar-refractivity contribution in [1.29, 1.82) is 0 Å². The van der Waals surface area contributed by atoms with Crippen LogP contribution in [-0.4, -0.2) is 30.1 Å². The first kappa shape index (κ1) is 16.2. The second-order valence-corrected chi connectivity index (χ2v) is 6.69. The van der Waals surface area contributed by atoms with Crippen LogP contribution in [0.3, 0.4) is 0 Å². The third-order valence-electron chi connectivity index (χ3n) is 3.52. The molecule has 1 saturated heterocycles. The zero-order valence-corrected chi connectivity index (χ0v) is 14.1. The molecule has 7 heteroatoms. The first-order chi connectivity index (χ1) is 11.2. The van der Waals surface area contributed by atoms with E-state index in [9.17, 15) is 4.79 Å². The Bertz CT molecular complexity index is 671. The first-order valence-electron chi connectivity index (χ1n) is 7.54. The molecular formula is C16H18ClN3O2S. The number of carbonyl (C=O) groups is 1. The van der Waals surface area contributed by atoms with E-state index in [0.717, 1.165) is 36.0 Å². The molecule has 122 valence electrons. The van der Waals surface area contributed by atoms with Crippen LogP contribution >= 0.6 is 22.9 Å². The molecular weight excluding hydrogens is 334 g/mol. The monoisotopic (exact) mass is 351 g/mol. The van der Waals surface area contributed by atoms with E-state index in [2.05, 4.69) is 15.6 Å². The fourth-order valence-electron chi connectivity index (χ4n) is 2.40. The molecule has 2 N–H and O–H groups in total. The molecule has 1 unspecified atom stereocenters. The van der Waals surface area contributed by atoms with Crippen LogP contribution in [0.2, 0.25) is 5.02 Å². The van der Waals surface area contributed by atoms with Gasteiger partial charge in [-0.3, -0.25) is 4.79 Å². The van der Waals surface area contributed by atoms with E-state index in [1.807, 2.05) is 29.6 Å². The molecule has 2 aromatic rings. The summed E-state index contributed by atoms with van der Waals surface area (Å²) in [6.07, 6.45) is 2.53. The van der Waals surface area contributed by atoms with Gasteiger partial charge in [-0.15, -0.1) is 11.3 Å². The van der Waals surface area contributed by atoms with Gasteiger partial charge in [-0.05, 0) is 31.0 Å². The quantitative estimate of drug-likeness (QED) is 0.837. The highest BCUT2D eigenvalue weighted by molar-refractivity contribution is 7.13. The lowest BCUT2D eigenvalue weighted by molar-refractivity contribution is -0.121. The third kappa shape index (κ3) is 4.92. The SMILES string of the molecule is O=C(Cc1csc(Nc2cccc(Cl)c2)n1)NCC1CCCO1. The summed E-state index contributed by atoms with van der Waals surface area (Å²) < 4.78 is 5.48. The molecule has 0 spiro atoms. The van der Waals surface area contributed by atoms with Gasteiger partial charge in [-0.1, -0.05) is 17.7 Å². The summed E-state index contributed by atoms with van der Waals surface area (Å²) in [4.78, 5) is 16.4. The number of nitrogens with zero attached hydrogens (tertiary/aromatic N) is 1. The topological polar surface area (TPSA) is 63.2 Å². The van der Waals surface area contributed by atoms with Gasteiger partial charge in [-0.25, -0.2) is 4.98 Å². The molecule has 5 nitrogen and oxygen atoms in total. The van der Waals surface area contributed by atoms with Crippen LogP contribution in [0.25, 0.3) is 0 Å². The Balaban J connectivity index is 1.49. The van der Waals surface area contributed by atoms with Crippen molar-refractivity contribution in [3.63, 3.8) is 0 Å². The van der Waals surface area contributed by atoms with Crippen molar-refractivity contribution in [1.82, 2.24) is 10.3 Å². The summed E-state index contributed by atoms with van der Waals surface area (Å²) in [6, 6.07) is 7.44. The Labute approximate surface area is 144 Å². The summed E-state index contributed by atoms with van der Waals surface area (Å²) in [5.41, 5.74) is 1.63. The van der Waals surface area contributed by atoms with Crippen LogP contribution in [0, 0.1) is 0 Å². The Morgan fingerprint density at radius 3 is 3.17 bits per heavy atom. The van der Waals surface area contributed by atoms with Crippen molar-refractivity contribution >= 4 is 39.7 Å². The Hall–Kier alpha value is -1.63. The lowest BCUT2D eigenvalue weighted by atomic mass is 10.2. The highest BCUT2D eigenvalue weighted by atomic mass is 35.5. The molecule has 23 heavy (non-hydrogen) atoms. The fourth-order valence-corrected chi connectivity index (χ4v) is 3.32. The van der Waals surface area contributed by atoms with E-state index in [1.54, 1.807) is 0 Å². The molecule has 1 amide bonds. The highest BCUT2D eigenvalue weighted by Gasteiger charge is 2.16. The van der Waals surface area contributed by atoms with Crippen molar-refractivity contribution in [2.75, 3.05) is 18.5 Å². The van der Waals surface area contributed by atoms with Crippen molar-refractivity contribution in [3.05, 3.63) is 40.4 Å². The predicted molar refractivity (Wildman–Crippen MR) is 92.5 cm³/mol. The van der Waals surface area contributed by atoms with Gasteiger partial charge >= 0.3 is 0 Å². The number of thiazole rings is 1. The van der Waals surface area contributed by atoms with Crippen LogP contribution in [0.4, 0.5) is 10.8 Å². The van der Waals surface area contributed by atoms with E-state index >= 15 is 0 Å². The number of nitrogens with one attached hydrogen (secondary N) is 2. The minimum absolute atomic E-state index is 0.0277. The number of halogens is 1. The summed E-state index contributed by atoms with van der Waals surface area (Å²) in [6.45, 7) is 1.38. The van der Waals surface area contributed by atoms with Crippen LogP contribution in [0.1, 0.15) is 18.5 Å². The Morgan fingerprint density at radius 2 is 2.39 bits per heavy atom. The zero-order chi connectivity index (χ0) is 16.1. The van der Waals surface area contributed by atoms with Crippen LogP contribution in [0.15, 0.2) is 29.6 Å². The van der Waals surface area contributed by atoms with Gasteiger partial charge in [0.1, 0.15) is 0 Å². The van der Waals surface area contributed by atoms with Gasteiger partial charge in [0, 0.05) is 29.2 Å². The average molecular weight is 352 g/mol.